The predicted octanol–water partition coefficient (Wildman–Crippen LogP) is 3.37. The molecule has 180 valence electrons. The van der Waals surface area contributed by atoms with Crippen molar-refractivity contribution < 1.29 is 14.3 Å². The van der Waals surface area contributed by atoms with E-state index in [4.69, 9.17) is 21.1 Å². The summed E-state index contributed by atoms with van der Waals surface area (Å²) in [7, 11) is 3.25. The number of likely N-dealkylation sites (N-methyl/N-ethyl adjacent to an activating group) is 1. The van der Waals surface area contributed by atoms with E-state index >= 15 is 0 Å². The van der Waals surface area contributed by atoms with E-state index < -0.39 is 6.09 Å². The zero-order chi connectivity index (χ0) is 24.5. The van der Waals surface area contributed by atoms with Gasteiger partial charge in [0.25, 0.3) is 0 Å². The second kappa shape index (κ2) is 11.9. The van der Waals surface area contributed by atoms with Crippen molar-refractivity contribution >= 4 is 11.8 Å². The molecule has 0 aliphatic heterocycles. The Hall–Kier alpha value is -3.77. The van der Waals surface area contributed by atoms with Gasteiger partial charge >= 0.3 is 6.09 Å². The van der Waals surface area contributed by atoms with E-state index in [0.29, 0.717) is 23.7 Å². The van der Waals surface area contributed by atoms with Gasteiger partial charge in [-0.05, 0) is 43.4 Å². The Kier molecular flexibility index (Phi) is 8.71. The molecule has 1 aliphatic rings. The molecule has 0 bridgehead atoms. The summed E-state index contributed by atoms with van der Waals surface area (Å²) >= 11 is 0. The molecule has 0 saturated heterocycles. The largest absolute Gasteiger partial charge is 0.487 e. The lowest BCUT2D eigenvalue weighted by atomic mass is 9.98. The monoisotopic (exact) mass is 464 g/mol. The first kappa shape index (κ1) is 24.9. The van der Waals surface area contributed by atoms with Gasteiger partial charge in [0.15, 0.2) is 11.4 Å². The van der Waals surface area contributed by atoms with Crippen molar-refractivity contribution in [3.8, 4) is 11.8 Å². The minimum atomic E-state index is -0.516. The molecule has 0 radical (unpaired) electrons. The molecular formula is C25H32N6O3. The van der Waals surface area contributed by atoms with Crippen LogP contribution >= 0.6 is 0 Å². The van der Waals surface area contributed by atoms with Crippen LogP contribution in [0, 0.1) is 11.3 Å². The van der Waals surface area contributed by atoms with Gasteiger partial charge in [0.05, 0.1) is 23.2 Å². The number of nitrogens with zero attached hydrogens (tertiary/aromatic N) is 4. The van der Waals surface area contributed by atoms with Crippen LogP contribution in [0.15, 0.2) is 48.2 Å². The highest BCUT2D eigenvalue weighted by atomic mass is 16.6. The quantitative estimate of drug-likeness (QED) is 0.449. The molecular weight excluding hydrogens is 432 g/mol. The van der Waals surface area contributed by atoms with Crippen LogP contribution in [0.1, 0.15) is 49.1 Å². The Morgan fingerprint density at radius 3 is 2.50 bits per heavy atom. The molecule has 4 N–H and O–H groups in total. The molecule has 9 heteroatoms. The lowest BCUT2D eigenvalue weighted by molar-refractivity contribution is 0.111. The normalized spacial score (nSPS) is 14.5. The maximum absolute atomic E-state index is 12.5. The van der Waals surface area contributed by atoms with E-state index in [1.807, 2.05) is 30.3 Å². The Morgan fingerprint density at radius 2 is 1.85 bits per heavy atom. The van der Waals surface area contributed by atoms with E-state index in [0.717, 1.165) is 31.2 Å². The molecule has 34 heavy (non-hydrogen) atoms. The molecule has 1 aromatic carbocycles. The highest BCUT2D eigenvalue weighted by molar-refractivity contribution is 5.69. The Morgan fingerprint density at radius 1 is 1.15 bits per heavy atom. The number of nitrogens with two attached hydrogens (primary N) is 2. The molecule has 1 fully saturated rings. The van der Waals surface area contributed by atoms with Crippen molar-refractivity contribution in [2.45, 2.75) is 44.8 Å². The number of carbonyl (C=O) groups is 1. The molecule has 1 amide bonds. The number of hydrogen-bond acceptors (Lipinski definition) is 8. The van der Waals surface area contributed by atoms with Gasteiger partial charge in [-0.2, -0.15) is 5.26 Å². The summed E-state index contributed by atoms with van der Waals surface area (Å²) in [5.74, 6) is 6.40. The Labute approximate surface area is 200 Å². The summed E-state index contributed by atoms with van der Waals surface area (Å²) in [5, 5.41) is 10.9. The van der Waals surface area contributed by atoms with Crippen LogP contribution in [0.4, 0.5) is 4.79 Å². The first-order valence-electron chi connectivity index (χ1n) is 11.4. The van der Waals surface area contributed by atoms with Crippen molar-refractivity contribution in [2.75, 3.05) is 20.7 Å². The number of pyridine rings is 1. The van der Waals surface area contributed by atoms with Crippen LogP contribution < -0.4 is 16.3 Å². The number of benzene rings is 1. The van der Waals surface area contributed by atoms with Gasteiger partial charge in [-0.15, -0.1) is 0 Å². The van der Waals surface area contributed by atoms with Crippen molar-refractivity contribution in [3.63, 3.8) is 0 Å². The van der Waals surface area contributed by atoms with Gasteiger partial charge in [-0.1, -0.05) is 36.8 Å². The van der Waals surface area contributed by atoms with Crippen LogP contribution in [-0.2, 0) is 11.3 Å². The van der Waals surface area contributed by atoms with E-state index in [-0.39, 0.29) is 24.1 Å². The van der Waals surface area contributed by atoms with E-state index in [1.165, 1.54) is 16.3 Å². The number of hydrazine groups is 1. The molecule has 0 unspecified atom stereocenters. The number of ether oxygens (including phenoxy) is 2. The molecule has 1 aliphatic carbocycles. The molecule has 0 spiro atoms. The number of hydrogen-bond donors (Lipinski definition) is 2. The molecule has 2 aromatic rings. The van der Waals surface area contributed by atoms with Gasteiger partial charge < -0.3 is 25.1 Å². The van der Waals surface area contributed by atoms with Crippen LogP contribution in [0.25, 0.3) is 5.70 Å². The highest BCUT2D eigenvalue weighted by Crippen LogP contribution is 2.26. The maximum Gasteiger partial charge on any atom is 0.410 e. The fourth-order valence-electron chi connectivity index (χ4n) is 3.81. The zero-order valence-corrected chi connectivity index (χ0v) is 19.7. The van der Waals surface area contributed by atoms with Gasteiger partial charge in [-0.3, -0.25) is 0 Å². The maximum atomic E-state index is 12.5. The second-order valence-electron chi connectivity index (χ2n) is 8.40. The van der Waals surface area contributed by atoms with Crippen molar-refractivity contribution in [1.29, 1.82) is 5.26 Å². The number of rotatable bonds is 8. The summed E-state index contributed by atoms with van der Waals surface area (Å²) < 4.78 is 11.5. The SMILES string of the molecule is CN(Cc1ccccc1)C(=O)OC/C(=C(/N)c1ccc(OC2CCCCC2)c(C#N)n1)N(C)N. The first-order valence-corrected chi connectivity index (χ1v) is 11.4. The minimum absolute atomic E-state index is 0.0967. The smallest absolute Gasteiger partial charge is 0.410 e. The van der Waals surface area contributed by atoms with Crippen molar-refractivity contribution in [3.05, 3.63) is 65.1 Å². The van der Waals surface area contributed by atoms with E-state index in [9.17, 15) is 10.1 Å². The second-order valence-corrected chi connectivity index (χ2v) is 8.40. The lowest BCUT2D eigenvalue weighted by Gasteiger charge is -2.24. The Bertz CT molecular complexity index is 1040. The summed E-state index contributed by atoms with van der Waals surface area (Å²) in [4.78, 5) is 18.3. The summed E-state index contributed by atoms with van der Waals surface area (Å²) in [6.07, 6.45) is 4.99. The zero-order valence-electron chi connectivity index (χ0n) is 19.7. The van der Waals surface area contributed by atoms with E-state index in [1.54, 1.807) is 26.2 Å². The standard InChI is InChI=1S/C25H32N6O3/c1-30(16-18-9-5-3-6-10-18)25(32)33-17-22(31(2)28)24(27)20-13-14-23(21(15-26)29-20)34-19-11-7-4-8-12-19/h3,5-6,9-10,13-14,19H,4,7-8,11-12,16-17,27-28H2,1-2H3/b24-22-. The van der Waals surface area contributed by atoms with Crippen LogP contribution in [0.5, 0.6) is 5.75 Å². The summed E-state index contributed by atoms with van der Waals surface area (Å²) in [5.41, 5.74) is 8.39. The number of aromatic nitrogens is 1. The van der Waals surface area contributed by atoms with Gasteiger partial charge in [0.1, 0.15) is 12.7 Å². The number of carbonyl (C=O) groups excluding carboxylic acids is 1. The number of nitriles is 1. The van der Waals surface area contributed by atoms with E-state index in [2.05, 4.69) is 11.1 Å². The van der Waals surface area contributed by atoms with Gasteiger partial charge in [-0.25, -0.2) is 15.6 Å². The summed E-state index contributed by atoms with van der Waals surface area (Å²) in [6.45, 7) is 0.253. The molecule has 1 aromatic heterocycles. The van der Waals surface area contributed by atoms with Gasteiger partial charge in [0.2, 0.25) is 0 Å². The molecule has 1 heterocycles. The van der Waals surface area contributed by atoms with Crippen LogP contribution in [0.2, 0.25) is 0 Å². The molecule has 1 saturated carbocycles. The van der Waals surface area contributed by atoms with Crippen molar-refractivity contribution in [2.24, 2.45) is 11.6 Å². The van der Waals surface area contributed by atoms with Gasteiger partial charge in [0, 0.05) is 20.6 Å². The first-order chi connectivity index (χ1) is 16.4. The predicted molar refractivity (Wildman–Crippen MR) is 129 cm³/mol. The topological polar surface area (TPSA) is 131 Å². The summed E-state index contributed by atoms with van der Waals surface area (Å²) in [6, 6.07) is 15.1. The average Bonchev–Trinajstić information content (AvgIpc) is 2.85. The third kappa shape index (κ3) is 6.62. The fraction of sp³-hybridized carbons (Fsp3) is 0.400. The third-order valence-electron chi connectivity index (χ3n) is 5.73. The minimum Gasteiger partial charge on any atom is -0.487 e. The fourth-order valence-corrected chi connectivity index (χ4v) is 3.81. The average molecular weight is 465 g/mol. The van der Waals surface area contributed by atoms with Crippen molar-refractivity contribution in [1.82, 2.24) is 14.9 Å². The Balaban J connectivity index is 1.71. The molecule has 9 nitrogen and oxygen atoms in total. The van der Waals surface area contributed by atoms with Crippen LogP contribution in [0.3, 0.4) is 0 Å². The third-order valence-corrected chi connectivity index (χ3v) is 5.73. The highest BCUT2D eigenvalue weighted by Gasteiger charge is 2.20. The number of amides is 1. The lowest BCUT2D eigenvalue weighted by Crippen LogP contribution is -2.33. The molecule has 0 atom stereocenters. The molecule has 3 rings (SSSR count). The van der Waals surface area contributed by atoms with Crippen LogP contribution in [-0.4, -0.2) is 47.8 Å².